The fraction of sp³-hybridized carbons (Fsp3) is 1.00. The maximum Gasteiger partial charge on any atom is -0.0358 e. The van der Waals surface area contributed by atoms with Crippen molar-refractivity contribution >= 4 is 0 Å². The molecule has 0 saturated heterocycles. The van der Waals surface area contributed by atoms with Crippen LogP contribution in [0.5, 0.6) is 0 Å². The lowest BCUT2D eigenvalue weighted by molar-refractivity contribution is 0.200. The first-order chi connectivity index (χ1) is 6.70. The van der Waals surface area contributed by atoms with Gasteiger partial charge in [-0.25, -0.2) is 0 Å². The monoisotopic (exact) mass is 196 g/mol. The van der Waals surface area contributed by atoms with E-state index in [9.17, 15) is 0 Å². The summed E-state index contributed by atoms with van der Waals surface area (Å²) in [5.74, 6) is 4.02. The van der Waals surface area contributed by atoms with Crippen molar-refractivity contribution < 1.29 is 0 Å². The summed E-state index contributed by atoms with van der Waals surface area (Å²) in [4.78, 5) is 0. The first-order valence-electron chi connectivity index (χ1n) is 6.70. The molecule has 1 rings (SSSR count). The Balaban J connectivity index is 2.49. The van der Waals surface area contributed by atoms with Crippen molar-refractivity contribution in [2.45, 2.75) is 66.2 Å². The highest BCUT2D eigenvalue weighted by molar-refractivity contribution is 4.83. The molecule has 4 unspecified atom stereocenters. The molecule has 0 heteroatoms. The Morgan fingerprint density at radius 3 is 2.07 bits per heavy atom. The molecule has 0 N–H and O–H groups in total. The first kappa shape index (κ1) is 12.1. The summed E-state index contributed by atoms with van der Waals surface area (Å²) in [7, 11) is 0. The summed E-state index contributed by atoms with van der Waals surface area (Å²) in [6.07, 6.45) is 8.69. The van der Waals surface area contributed by atoms with Crippen LogP contribution in [-0.2, 0) is 0 Å². The number of hydrogen-bond acceptors (Lipinski definition) is 0. The van der Waals surface area contributed by atoms with Gasteiger partial charge < -0.3 is 0 Å². The predicted molar refractivity (Wildman–Crippen MR) is 64.4 cm³/mol. The zero-order chi connectivity index (χ0) is 10.6. The van der Waals surface area contributed by atoms with Gasteiger partial charge in [-0.05, 0) is 36.5 Å². The summed E-state index contributed by atoms with van der Waals surface area (Å²) in [5.41, 5.74) is 0. The van der Waals surface area contributed by atoms with Gasteiger partial charge >= 0.3 is 0 Å². The van der Waals surface area contributed by atoms with Gasteiger partial charge in [0.05, 0.1) is 0 Å². The second-order valence-corrected chi connectivity index (χ2v) is 5.41. The van der Waals surface area contributed by atoms with Crippen LogP contribution in [0.15, 0.2) is 0 Å². The highest BCUT2D eigenvalue weighted by atomic mass is 14.4. The van der Waals surface area contributed by atoms with E-state index in [-0.39, 0.29) is 0 Å². The zero-order valence-electron chi connectivity index (χ0n) is 10.6. The van der Waals surface area contributed by atoms with E-state index in [1.165, 1.54) is 38.5 Å². The molecule has 1 saturated carbocycles. The van der Waals surface area contributed by atoms with Gasteiger partial charge in [0.15, 0.2) is 0 Å². The van der Waals surface area contributed by atoms with Crippen molar-refractivity contribution in [1.82, 2.24) is 0 Å². The van der Waals surface area contributed by atoms with Crippen molar-refractivity contribution in [3.05, 3.63) is 0 Å². The SMILES string of the molecule is CCCC(C)C1CCCC1C(C)CC. The molecule has 0 spiro atoms. The van der Waals surface area contributed by atoms with Gasteiger partial charge in [-0.15, -0.1) is 0 Å². The van der Waals surface area contributed by atoms with Crippen LogP contribution in [0.25, 0.3) is 0 Å². The third-order valence-corrected chi connectivity index (χ3v) is 4.47. The van der Waals surface area contributed by atoms with Gasteiger partial charge in [-0.1, -0.05) is 53.4 Å². The van der Waals surface area contributed by atoms with E-state index < -0.39 is 0 Å². The van der Waals surface area contributed by atoms with Crippen molar-refractivity contribution in [2.24, 2.45) is 23.7 Å². The molecule has 0 aliphatic heterocycles. The van der Waals surface area contributed by atoms with Crippen LogP contribution >= 0.6 is 0 Å². The molecule has 0 aromatic heterocycles. The average molecular weight is 196 g/mol. The van der Waals surface area contributed by atoms with Gasteiger partial charge in [-0.3, -0.25) is 0 Å². The smallest absolute Gasteiger partial charge is 0.0358 e. The van der Waals surface area contributed by atoms with Gasteiger partial charge in [0.1, 0.15) is 0 Å². The maximum atomic E-state index is 2.48. The highest BCUT2D eigenvalue weighted by Crippen LogP contribution is 2.43. The summed E-state index contributed by atoms with van der Waals surface area (Å²) in [6.45, 7) is 9.62. The Kier molecular flexibility index (Phi) is 4.98. The summed E-state index contributed by atoms with van der Waals surface area (Å²) >= 11 is 0. The van der Waals surface area contributed by atoms with E-state index in [1.807, 2.05) is 0 Å². The van der Waals surface area contributed by atoms with Gasteiger partial charge in [0.25, 0.3) is 0 Å². The van der Waals surface area contributed by atoms with E-state index in [0.29, 0.717) is 0 Å². The van der Waals surface area contributed by atoms with E-state index in [4.69, 9.17) is 0 Å². The normalized spacial score (nSPS) is 31.7. The van der Waals surface area contributed by atoms with Crippen LogP contribution in [0.4, 0.5) is 0 Å². The molecular formula is C14H28. The van der Waals surface area contributed by atoms with Crippen molar-refractivity contribution in [2.75, 3.05) is 0 Å². The molecule has 1 aliphatic rings. The molecule has 0 heterocycles. The first-order valence-corrected chi connectivity index (χ1v) is 6.70. The Hall–Kier alpha value is 0. The second kappa shape index (κ2) is 5.78. The number of hydrogen-bond donors (Lipinski definition) is 0. The third kappa shape index (κ3) is 2.74. The van der Waals surface area contributed by atoms with E-state index >= 15 is 0 Å². The molecule has 0 aromatic rings. The molecule has 0 nitrogen and oxygen atoms in total. The van der Waals surface area contributed by atoms with Gasteiger partial charge in [-0.2, -0.15) is 0 Å². The van der Waals surface area contributed by atoms with Crippen molar-refractivity contribution in [3.63, 3.8) is 0 Å². The maximum absolute atomic E-state index is 2.48. The molecular weight excluding hydrogens is 168 g/mol. The quantitative estimate of drug-likeness (QED) is 0.587. The van der Waals surface area contributed by atoms with Crippen molar-refractivity contribution in [3.8, 4) is 0 Å². The lowest BCUT2D eigenvalue weighted by Crippen LogP contribution is -2.21. The molecule has 14 heavy (non-hydrogen) atoms. The minimum Gasteiger partial charge on any atom is -0.0654 e. The summed E-state index contributed by atoms with van der Waals surface area (Å²) in [5, 5.41) is 0. The second-order valence-electron chi connectivity index (χ2n) is 5.41. The highest BCUT2D eigenvalue weighted by Gasteiger charge is 2.33. The van der Waals surface area contributed by atoms with E-state index in [0.717, 1.165) is 23.7 Å². The molecule has 0 radical (unpaired) electrons. The fourth-order valence-corrected chi connectivity index (χ4v) is 3.40. The Labute approximate surface area is 90.5 Å². The molecule has 1 fully saturated rings. The standard InChI is InChI=1S/C14H28/c1-5-8-12(4)14-10-7-9-13(14)11(3)6-2/h11-14H,5-10H2,1-4H3. The minimum absolute atomic E-state index is 0.960. The Morgan fingerprint density at radius 2 is 1.57 bits per heavy atom. The van der Waals surface area contributed by atoms with Gasteiger partial charge in [0, 0.05) is 0 Å². The number of rotatable bonds is 5. The van der Waals surface area contributed by atoms with Crippen LogP contribution in [0.1, 0.15) is 66.2 Å². The van der Waals surface area contributed by atoms with E-state index in [1.54, 1.807) is 0 Å². The molecule has 0 aromatic carbocycles. The minimum atomic E-state index is 0.960. The molecule has 0 bridgehead atoms. The summed E-state index contributed by atoms with van der Waals surface area (Å²) in [6, 6.07) is 0. The molecule has 4 atom stereocenters. The summed E-state index contributed by atoms with van der Waals surface area (Å²) < 4.78 is 0. The third-order valence-electron chi connectivity index (χ3n) is 4.47. The van der Waals surface area contributed by atoms with Gasteiger partial charge in [0.2, 0.25) is 0 Å². The predicted octanol–water partition coefficient (Wildman–Crippen LogP) is 4.89. The Morgan fingerprint density at radius 1 is 1.00 bits per heavy atom. The molecule has 84 valence electrons. The van der Waals surface area contributed by atoms with Crippen molar-refractivity contribution in [1.29, 1.82) is 0 Å². The van der Waals surface area contributed by atoms with Crippen LogP contribution in [0.3, 0.4) is 0 Å². The topological polar surface area (TPSA) is 0 Å². The largest absolute Gasteiger partial charge is 0.0654 e. The van der Waals surface area contributed by atoms with E-state index in [2.05, 4.69) is 27.7 Å². The lowest BCUT2D eigenvalue weighted by Gasteiger charge is -2.29. The Bertz CT molecular complexity index is 150. The molecule has 1 aliphatic carbocycles. The molecule has 0 amide bonds. The fourth-order valence-electron chi connectivity index (χ4n) is 3.40. The zero-order valence-corrected chi connectivity index (χ0v) is 10.6. The van der Waals surface area contributed by atoms with Crippen LogP contribution in [0, 0.1) is 23.7 Å². The average Bonchev–Trinajstić information content (AvgIpc) is 2.65. The van der Waals surface area contributed by atoms with Crippen LogP contribution in [-0.4, -0.2) is 0 Å². The lowest BCUT2D eigenvalue weighted by atomic mass is 9.76. The van der Waals surface area contributed by atoms with Crippen LogP contribution in [0.2, 0.25) is 0 Å². The van der Waals surface area contributed by atoms with Crippen LogP contribution < -0.4 is 0 Å².